The van der Waals surface area contributed by atoms with Crippen molar-refractivity contribution in [3.63, 3.8) is 0 Å². The van der Waals surface area contributed by atoms with Gasteiger partial charge in [-0.05, 0) is 42.8 Å². The average molecular weight is 331 g/mol. The summed E-state index contributed by atoms with van der Waals surface area (Å²) in [6.45, 7) is 1.89. The minimum absolute atomic E-state index is 0.193. The van der Waals surface area contributed by atoms with Gasteiger partial charge in [0, 0.05) is 11.8 Å². The van der Waals surface area contributed by atoms with E-state index in [1.165, 1.54) is 13.2 Å². The molecule has 0 aliphatic carbocycles. The first-order chi connectivity index (χ1) is 10.9. The maximum Gasteiger partial charge on any atom is 0.330 e. The van der Waals surface area contributed by atoms with Crippen LogP contribution in [-0.4, -0.2) is 21.5 Å². The second kappa shape index (κ2) is 7.11. The Morgan fingerprint density at radius 3 is 2.48 bits per heavy atom. The summed E-state index contributed by atoms with van der Waals surface area (Å²) in [5.74, 6) is -0.476. The monoisotopic (exact) mass is 331 g/mol. The highest BCUT2D eigenvalue weighted by molar-refractivity contribution is 7.92. The fourth-order valence-corrected chi connectivity index (χ4v) is 2.92. The Kier molecular flexibility index (Phi) is 5.18. The number of aryl methyl sites for hydroxylation is 1. The molecule has 0 heterocycles. The summed E-state index contributed by atoms with van der Waals surface area (Å²) in [7, 11) is -2.36. The van der Waals surface area contributed by atoms with Gasteiger partial charge in [-0.3, -0.25) is 4.72 Å². The van der Waals surface area contributed by atoms with E-state index in [0.717, 1.165) is 5.56 Å². The molecule has 0 amide bonds. The minimum atomic E-state index is -3.65. The third-order valence-corrected chi connectivity index (χ3v) is 4.48. The van der Waals surface area contributed by atoms with Gasteiger partial charge in [-0.15, -0.1) is 0 Å². The van der Waals surface area contributed by atoms with Crippen LogP contribution in [0.4, 0.5) is 5.69 Å². The Hall–Kier alpha value is -2.60. The normalized spacial score (nSPS) is 11.4. The van der Waals surface area contributed by atoms with Gasteiger partial charge in [-0.1, -0.05) is 29.8 Å². The largest absolute Gasteiger partial charge is 0.466 e. The molecule has 1 N–H and O–H groups in total. The van der Waals surface area contributed by atoms with Crippen LogP contribution in [0.15, 0.2) is 59.5 Å². The van der Waals surface area contributed by atoms with Crippen molar-refractivity contribution < 1.29 is 17.9 Å². The van der Waals surface area contributed by atoms with Crippen LogP contribution in [0.5, 0.6) is 0 Å². The van der Waals surface area contributed by atoms with Gasteiger partial charge in [-0.2, -0.15) is 0 Å². The predicted molar refractivity (Wildman–Crippen MR) is 89.5 cm³/mol. The summed E-state index contributed by atoms with van der Waals surface area (Å²) < 4.78 is 31.7. The Morgan fingerprint density at radius 1 is 1.13 bits per heavy atom. The van der Waals surface area contributed by atoms with Crippen LogP contribution in [0.25, 0.3) is 6.08 Å². The first kappa shape index (κ1) is 16.8. The van der Waals surface area contributed by atoms with Gasteiger partial charge in [0.05, 0.1) is 12.0 Å². The van der Waals surface area contributed by atoms with Crippen LogP contribution in [0.3, 0.4) is 0 Å². The Bertz CT molecular complexity index is 824. The second-order valence-corrected chi connectivity index (χ2v) is 6.58. The first-order valence-electron chi connectivity index (χ1n) is 6.86. The van der Waals surface area contributed by atoms with Gasteiger partial charge < -0.3 is 4.74 Å². The lowest BCUT2D eigenvalue weighted by Crippen LogP contribution is -2.12. The van der Waals surface area contributed by atoms with E-state index in [-0.39, 0.29) is 4.90 Å². The molecule has 0 bridgehead atoms. The molecule has 0 fully saturated rings. The van der Waals surface area contributed by atoms with Gasteiger partial charge in [0.2, 0.25) is 0 Å². The number of carbonyl (C=O) groups is 1. The maximum atomic E-state index is 12.3. The van der Waals surface area contributed by atoms with Crippen molar-refractivity contribution in [3.05, 3.63) is 65.7 Å². The molecule has 0 unspecified atom stereocenters. The third-order valence-electron chi connectivity index (χ3n) is 3.08. The molecule has 0 radical (unpaired) electrons. The third kappa shape index (κ3) is 4.69. The fourth-order valence-electron chi connectivity index (χ4n) is 1.87. The number of nitrogens with one attached hydrogen (secondary N) is 1. The van der Waals surface area contributed by atoms with Crippen molar-refractivity contribution in [3.8, 4) is 0 Å². The number of sulfonamides is 1. The Balaban J connectivity index is 2.21. The van der Waals surface area contributed by atoms with Crippen LogP contribution < -0.4 is 4.72 Å². The lowest BCUT2D eigenvalue weighted by Gasteiger charge is -2.09. The van der Waals surface area contributed by atoms with Crippen molar-refractivity contribution in [1.29, 1.82) is 0 Å². The molecular weight excluding hydrogens is 314 g/mol. The summed E-state index contributed by atoms with van der Waals surface area (Å²) in [4.78, 5) is 11.3. The Morgan fingerprint density at radius 2 is 1.83 bits per heavy atom. The molecule has 0 spiro atoms. The summed E-state index contributed by atoms with van der Waals surface area (Å²) in [5.41, 5.74) is 2.08. The summed E-state index contributed by atoms with van der Waals surface area (Å²) in [6, 6.07) is 13.3. The van der Waals surface area contributed by atoms with E-state index < -0.39 is 16.0 Å². The quantitative estimate of drug-likeness (QED) is 0.675. The highest BCUT2D eigenvalue weighted by Crippen LogP contribution is 2.18. The zero-order chi connectivity index (χ0) is 16.9. The number of methoxy groups -OCH3 is 1. The highest BCUT2D eigenvalue weighted by Gasteiger charge is 2.13. The first-order valence-corrected chi connectivity index (χ1v) is 8.34. The van der Waals surface area contributed by atoms with Crippen LogP contribution >= 0.6 is 0 Å². The molecule has 6 heteroatoms. The zero-order valence-corrected chi connectivity index (χ0v) is 13.6. The molecule has 0 saturated heterocycles. The molecule has 0 saturated carbocycles. The van der Waals surface area contributed by atoms with Crippen LogP contribution in [0, 0.1) is 6.92 Å². The highest BCUT2D eigenvalue weighted by atomic mass is 32.2. The van der Waals surface area contributed by atoms with Crippen molar-refractivity contribution in [1.82, 2.24) is 0 Å². The van der Waals surface area contributed by atoms with E-state index >= 15 is 0 Å². The molecule has 2 aromatic rings. The molecule has 0 atom stereocenters. The van der Waals surface area contributed by atoms with E-state index in [4.69, 9.17) is 0 Å². The molecule has 2 aromatic carbocycles. The number of anilines is 1. The zero-order valence-electron chi connectivity index (χ0n) is 12.8. The molecular formula is C17H17NO4S. The predicted octanol–water partition coefficient (Wildman–Crippen LogP) is 2.98. The van der Waals surface area contributed by atoms with E-state index in [1.807, 2.05) is 6.92 Å². The maximum absolute atomic E-state index is 12.3. The summed E-state index contributed by atoms with van der Waals surface area (Å²) in [6.07, 6.45) is 2.82. The topological polar surface area (TPSA) is 72.5 Å². The lowest BCUT2D eigenvalue weighted by molar-refractivity contribution is -0.134. The number of benzene rings is 2. The van der Waals surface area contributed by atoms with Gasteiger partial charge in [-0.25, -0.2) is 13.2 Å². The minimum Gasteiger partial charge on any atom is -0.466 e. The molecule has 5 nitrogen and oxygen atoms in total. The lowest BCUT2D eigenvalue weighted by atomic mass is 10.2. The summed E-state index contributed by atoms with van der Waals surface area (Å²) >= 11 is 0. The number of esters is 1. The fraction of sp³-hybridized carbons (Fsp3) is 0.118. The second-order valence-electron chi connectivity index (χ2n) is 4.90. The number of ether oxygens (including phenoxy) is 1. The van der Waals surface area contributed by atoms with Crippen molar-refractivity contribution in [2.45, 2.75) is 11.8 Å². The molecule has 120 valence electrons. The smallest absolute Gasteiger partial charge is 0.330 e. The van der Waals surface area contributed by atoms with Crippen LogP contribution in [0.1, 0.15) is 11.1 Å². The van der Waals surface area contributed by atoms with Crippen LogP contribution in [-0.2, 0) is 19.6 Å². The molecule has 0 aromatic heterocycles. The molecule has 0 aliphatic rings. The number of carbonyl (C=O) groups excluding carboxylic acids is 1. The molecule has 2 rings (SSSR count). The van der Waals surface area contributed by atoms with Crippen LogP contribution in [0.2, 0.25) is 0 Å². The molecule has 0 aliphatic heterocycles. The number of hydrogen-bond acceptors (Lipinski definition) is 4. The van der Waals surface area contributed by atoms with E-state index in [0.29, 0.717) is 11.3 Å². The van der Waals surface area contributed by atoms with Gasteiger partial charge in [0.1, 0.15) is 0 Å². The van der Waals surface area contributed by atoms with E-state index in [1.54, 1.807) is 54.6 Å². The van der Waals surface area contributed by atoms with Crippen molar-refractivity contribution in [2.75, 3.05) is 11.8 Å². The SMILES string of the molecule is COC(=O)/C=C/c1cccc(NS(=O)(=O)c2ccc(C)cc2)c1. The van der Waals surface area contributed by atoms with Crippen molar-refractivity contribution >= 4 is 27.8 Å². The van der Waals surface area contributed by atoms with E-state index in [2.05, 4.69) is 9.46 Å². The average Bonchev–Trinajstić information content (AvgIpc) is 2.53. The Labute approximate surface area is 135 Å². The van der Waals surface area contributed by atoms with Crippen molar-refractivity contribution in [2.24, 2.45) is 0 Å². The number of hydrogen-bond donors (Lipinski definition) is 1. The van der Waals surface area contributed by atoms with E-state index in [9.17, 15) is 13.2 Å². The molecule has 23 heavy (non-hydrogen) atoms. The van der Waals surface area contributed by atoms with Gasteiger partial charge >= 0.3 is 5.97 Å². The van der Waals surface area contributed by atoms with Gasteiger partial charge in [0.25, 0.3) is 10.0 Å². The van der Waals surface area contributed by atoms with Gasteiger partial charge in [0.15, 0.2) is 0 Å². The number of rotatable bonds is 5. The standard InChI is InChI=1S/C17H17NO4S/c1-13-6-9-16(10-7-13)23(20,21)18-15-5-3-4-14(12-15)8-11-17(19)22-2/h3-12,18H,1-2H3/b11-8+. The summed E-state index contributed by atoms with van der Waals surface area (Å²) in [5, 5.41) is 0.